The summed E-state index contributed by atoms with van der Waals surface area (Å²) >= 11 is 0. The first-order valence-electron chi connectivity index (χ1n) is 10.0. The molecule has 1 aromatic carbocycles. The summed E-state index contributed by atoms with van der Waals surface area (Å²) in [6.07, 6.45) is 2.53. The molecular weight excluding hydrogens is 428 g/mol. The van der Waals surface area contributed by atoms with Gasteiger partial charge in [0.25, 0.3) is 0 Å². The van der Waals surface area contributed by atoms with Gasteiger partial charge in [0.2, 0.25) is 10.0 Å². The maximum Gasteiger partial charge on any atom is 0.387 e. The normalized spacial score (nSPS) is 28.2. The Balaban J connectivity index is 1.53. The summed E-state index contributed by atoms with van der Waals surface area (Å²) < 4.78 is 90.5. The number of hydrogen-bond donors (Lipinski definition) is 0. The van der Waals surface area contributed by atoms with Gasteiger partial charge in [0.1, 0.15) is 17.4 Å². The van der Waals surface area contributed by atoms with Crippen LogP contribution in [0.5, 0.6) is 5.75 Å². The standard InChI is InChI=1S/C19H24F4N2O4S/c20-16-9-15(29-19(22)23)10-17(21)18(16)30(26,27)25-13-1-2-14(25)8-12(7-13)11-24-3-5-28-6-4-24/h9-10,12-14,19H,1-8,11H2. The first-order valence-corrected chi connectivity index (χ1v) is 11.5. The number of alkyl halides is 2. The molecule has 30 heavy (non-hydrogen) atoms. The van der Waals surface area contributed by atoms with Gasteiger partial charge in [-0.25, -0.2) is 17.2 Å². The van der Waals surface area contributed by atoms with Crippen LogP contribution in [0.3, 0.4) is 0 Å². The van der Waals surface area contributed by atoms with Gasteiger partial charge >= 0.3 is 6.61 Å². The van der Waals surface area contributed by atoms with Gasteiger partial charge in [-0.1, -0.05) is 0 Å². The van der Waals surface area contributed by atoms with Crippen molar-refractivity contribution in [1.82, 2.24) is 9.21 Å². The van der Waals surface area contributed by atoms with Crippen LogP contribution < -0.4 is 4.74 Å². The van der Waals surface area contributed by atoms with Crippen molar-refractivity contribution < 1.29 is 35.5 Å². The molecule has 6 nitrogen and oxygen atoms in total. The van der Waals surface area contributed by atoms with Crippen LogP contribution in [0, 0.1) is 17.6 Å². The Morgan fingerprint density at radius 3 is 2.17 bits per heavy atom. The Labute approximate surface area is 172 Å². The number of halogens is 4. The summed E-state index contributed by atoms with van der Waals surface area (Å²) in [6.45, 7) is 0.641. The van der Waals surface area contributed by atoms with Gasteiger partial charge in [-0.05, 0) is 31.6 Å². The first-order chi connectivity index (χ1) is 14.3. The van der Waals surface area contributed by atoms with Crippen molar-refractivity contribution in [2.24, 2.45) is 5.92 Å². The summed E-state index contributed by atoms with van der Waals surface area (Å²) in [5.41, 5.74) is 0. The van der Waals surface area contributed by atoms with E-state index < -0.39 is 38.9 Å². The van der Waals surface area contributed by atoms with Crippen LogP contribution in [0.25, 0.3) is 0 Å². The molecule has 3 saturated heterocycles. The van der Waals surface area contributed by atoms with E-state index in [2.05, 4.69) is 9.64 Å². The van der Waals surface area contributed by atoms with Crippen molar-refractivity contribution in [3.8, 4) is 5.75 Å². The molecule has 0 N–H and O–H groups in total. The lowest BCUT2D eigenvalue weighted by atomic mass is 9.92. The van der Waals surface area contributed by atoms with Gasteiger partial charge in [-0.2, -0.15) is 13.1 Å². The number of fused-ring (bicyclic) bond motifs is 2. The second-order valence-corrected chi connectivity index (χ2v) is 9.84. The number of hydrogen-bond acceptors (Lipinski definition) is 5. The van der Waals surface area contributed by atoms with Gasteiger partial charge in [-0.3, -0.25) is 4.90 Å². The third-order valence-electron chi connectivity index (χ3n) is 6.12. The molecule has 4 rings (SSSR count). The van der Waals surface area contributed by atoms with E-state index in [1.54, 1.807) is 0 Å². The highest BCUT2D eigenvalue weighted by Gasteiger charge is 2.48. The number of benzene rings is 1. The Morgan fingerprint density at radius 1 is 1.07 bits per heavy atom. The summed E-state index contributed by atoms with van der Waals surface area (Å²) in [4.78, 5) is 1.20. The van der Waals surface area contributed by atoms with Crippen LogP contribution in [0.1, 0.15) is 25.7 Å². The third-order valence-corrected chi connectivity index (χ3v) is 8.17. The summed E-state index contributed by atoms with van der Waals surface area (Å²) in [6, 6.07) is 0.316. The molecule has 1 aromatic rings. The molecule has 3 aliphatic rings. The highest BCUT2D eigenvalue weighted by Crippen LogP contribution is 2.43. The van der Waals surface area contributed by atoms with Crippen LogP contribution in [0.15, 0.2) is 17.0 Å². The average molecular weight is 452 g/mol. The summed E-state index contributed by atoms with van der Waals surface area (Å²) in [7, 11) is -4.45. The van der Waals surface area contributed by atoms with Crippen molar-refractivity contribution >= 4 is 10.0 Å². The van der Waals surface area contributed by atoms with E-state index in [1.807, 2.05) is 0 Å². The van der Waals surface area contributed by atoms with Gasteiger partial charge in [0.15, 0.2) is 4.90 Å². The number of piperidine rings is 1. The van der Waals surface area contributed by atoms with Gasteiger partial charge < -0.3 is 9.47 Å². The monoisotopic (exact) mass is 452 g/mol. The molecule has 3 fully saturated rings. The molecule has 2 atom stereocenters. The van der Waals surface area contributed by atoms with Crippen LogP contribution >= 0.6 is 0 Å². The maximum absolute atomic E-state index is 14.5. The Morgan fingerprint density at radius 2 is 1.63 bits per heavy atom. The lowest BCUT2D eigenvalue weighted by molar-refractivity contribution is -0.0502. The van der Waals surface area contributed by atoms with E-state index in [1.165, 1.54) is 4.31 Å². The molecule has 0 aliphatic carbocycles. The fourth-order valence-corrected chi connectivity index (χ4v) is 6.99. The molecule has 168 valence electrons. The Hall–Kier alpha value is -1.43. The van der Waals surface area contributed by atoms with Gasteiger partial charge in [0, 0.05) is 43.9 Å². The lowest BCUT2D eigenvalue weighted by Crippen LogP contribution is -2.49. The van der Waals surface area contributed by atoms with E-state index in [0.717, 1.165) is 19.6 Å². The summed E-state index contributed by atoms with van der Waals surface area (Å²) in [5.74, 6) is -3.31. The Kier molecular flexibility index (Phi) is 6.25. The van der Waals surface area contributed by atoms with Gasteiger partial charge in [-0.15, -0.1) is 0 Å². The van der Waals surface area contributed by atoms with E-state index in [-0.39, 0.29) is 12.1 Å². The smallest absolute Gasteiger partial charge is 0.387 e. The van der Waals surface area contributed by atoms with Crippen LogP contribution in [0.4, 0.5) is 17.6 Å². The molecule has 2 bridgehead atoms. The van der Waals surface area contributed by atoms with E-state index >= 15 is 0 Å². The summed E-state index contributed by atoms with van der Waals surface area (Å²) in [5, 5.41) is 0. The number of sulfonamides is 1. The molecular formula is C19H24F4N2O4S. The number of ether oxygens (including phenoxy) is 2. The minimum absolute atomic E-state index is 0.309. The highest BCUT2D eigenvalue weighted by atomic mass is 32.2. The molecule has 0 aromatic heterocycles. The zero-order chi connectivity index (χ0) is 21.5. The molecule has 0 radical (unpaired) electrons. The quantitative estimate of drug-likeness (QED) is 0.622. The topological polar surface area (TPSA) is 59.1 Å². The molecule has 11 heteroatoms. The van der Waals surface area contributed by atoms with Gasteiger partial charge in [0.05, 0.1) is 13.2 Å². The average Bonchev–Trinajstić information content (AvgIpc) is 2.93. The second kappa shape index (κ2) is 8.60. The zero-order valence-corrected chi connectivity index (χ0v) is 17.1. The molecule has 3 aliphatic heterocycles. The highest BCUT2D eigenvalue weighted by molar-refractivity contribution is 7.89. The predicted molar refractivity (Wildman–Crippen MR) is 98.8 cm³/mol. The maximum atomic E-state index is 14.5. The van der Waals surface area contributed by atoms with Crippen molar-refractivity contribution in [2.45, 2.75) is 49.3 Å². The molecule has 0 saturated carbocycles. The fraction of sp³-hybridized carbons (Fsp3) is 0.684. The number of nitrogens with zero attached hydrogens (tertiary/aromatic N) is 2. The third kappa shape index (κ3) is 4.30. The van der Waals surface area contributed by atoms with E-state index in [4.69, 9.17) is 4.74 Å². The fourth-order valence-electron chi connectivity index (χ4n) is 5.00. The van der Waals surface area contributed by atoms with Crippen LogP contribution in [0.2, 0.25) is 0 Å². The van der Waals surface area contributed by atoms with Crippen molar-refractivity contribution in [3.63, 3.8) is 0 Å². The minimum atomic E-state index is -4.45. The SMILES string of the molecule is O=S(=O)(c1c(F)cc(OC(F)F)cc1F)N1C2CCC1CC(CN1CCOCC1)C2. The number of morpholine rings is 1. The van der Waals surface area contributed by atoms with Crippen molar-refractivity contribution in [1.29, 1.82) is 0 Å². The van der Waals surface area contributed by atoms with E-state index in [9.17, 15) is 26.0 Å². The molecule has 0 spiro atoms. The van der Waals surface area contributed by atoms with Crippen LogP contribution in [-0.2, 0) is 14.8 Å². The van der Waals surface area contributed by atoms with Crippen molar-refractivity contribution in [2.75, 3.05) is 32.8 Å². The minimum Gasteiger partial charge on any atom is -0.435 e. The predicted octanol–water partition coefficient (Wildman–Crippen LogP) is 2.83. The second-order valence-electron chi connectivity index (χ2n) is 8.06. The zero-order valence-electron chi connectivity index (χ0n) is 16.3. The lowest BCUT2D eigenvalue weighted by Gasteiger charge is -2.40. The number of rotatable bonds is 6. The molecule has 2 unspecified atom stereocenters. The van der Waals surface area contributed by atoms with Crippen LogP contribution in [-0.4, -0.2) is 69.2 Å². The van der Waals surface area contributed by atoms with E-state index in [0.29, 0.717) is 56.9 Å². The molecule has 0 amide bonds. The largest absolute Gasteiger partial charge is 0.435 e. The first kappa shape index (κ1) is 21.8. The molecule has 3 heterocycles. The van der Waals surface area contributed by atoms with Crippen molar-refractivity contribution in [3.05, 3.63) is 23.8 Å². The Bertz CT molecular complexity index is 842.